The summed E-state index contributed by atoms with van der Waals surface area (Å²) in [7, 11) is -2.50. The molecule has 0 radical (unpaired) electrons. The van der Waals surface area contributed by atoms with Gasteiger partial charge in [0.2, 0.25) is 0 Å². The second kappa shape index (κ2) is 5.08. The summed E-state index contributed by atoms with van der Waals surface area (Å²) in [5, 5.41) is 9.06. The first-order valence-electron chi connectivity index (χ1n) is 7.12. The fourth-order valence-corrected chi connectivity index (χ4v) is 2.32. The van der Waals surface area contributed by atoms with Crippen LogP contribution in [0.3, 0.4) is 0 Å². The van der Waals surface area contributed by atoms with Gasteiger partial charge in [0.1, 0.15) is 5.75 Å². The van der Waals surface area contributed by atoms with Gasteiger partial charge in [0, 0.05) is 19.0 Å². The van der Waals surface area contributed by atoms with Crippen molar-refractivity contribution in [1.82, 2.24) is 4.90 Å². The summed E-state index contributed by atoms with van der Waals surface area (Å²) in [6, 6.07) is 6.93. The molecular weight excluding hydrogens is 218 g/mol. The van der Waals surface area contributed by atoms with Gasteiger partial charge >= 0.3 is 6.09 Å². The Balaban J connectivity index is 2.21. The fraction of sp³-hybridized carbons (Fsp3) is 0.462. The molecule has 1 atom stereocenters. The first-order valence-corrected chi connectivity index (χ1v) is 5.62. The molecule has 1 saturated heterocycles. The summed E-state index contributed by atoms with van der Waals surface area (Å²) < 4.78 is 26.6. The number of piperidine rings is 1. The highest BCUT2D eigenvalue weighted by Crippen LogP contribution is 2.32. The van der Waals surface area contributed by atoms with Crippen molar-refractivity contribution in [3.05, 3.63) is 29.8 Å². The lowest BCUT2D eigenvalue weighted by Crippen LogP contribution is -2.38. The molecule has 2 rings (SSSR count). The molecule has 1 amide bonds. The number of benzene rings is 1. The lowest BCUT2D eigenvalue weighted by molar-refractivity contribution is 0.130. The Morgan fingerprint density at radius 2 is 2.41 bits per heavy atom. The van der Waals surface area contributed by atoms with E-state index in [2.05, 4.69) is 0 Å². The van der Waals surface area contributed by atoms with Crippen LogP contribution in [0.4, 0.5) is 4.79 Å². The third-order valence-electron chi connectivity index (χ3n) is 3.16. The third kappa shape index (κ3) is 2.52. The van der Waals surface area contributed by atoms with Crippen molar-refractivity contribution in [1.29, 1.82) is 0 Å². The van der Waals surface area contributed by atoms with E-state index in [9.17, 15) is 4.79 Å². The molecule has 1 aliphatic heterocycles. The molecule has 1 aliphatic rings. The number of ether oxygens (including phenoxy) is 1. The predicted molar refractivity (Wildman–Crippen MR) is 64.6 cm³/mol. The molecular formula is C13H17NO3. The zero-order chi connectivity index (χ0) is 14.8. The lowest BCUT2D eigenvalue weighted by Gasteiger charge is -2.31. The monoisotopic (exact) mass is 238 g/mol. The number of methoxy groups -OCH3 is 1. The van der Waals surface area contributed by atoms with E-state index in [4.69, 9.17) is 14.0 Å². The highest BCUT2D eigenvalue weighted by molar-refractivity contribution is 5.65. The molecule has 0 aromatic heterocycles. The van der Waals surface area contributed by atoms with Crippen LogP contribution in [0.15, 0.2) is 24.3 Å². The molecule has 1 unspecified atom stereocenters. The highest BCUT2D eigenvalue weighted by Gasteiger charge is 2.25. The Labute approximate surface area is 105 Å². The van der Waals surface area contributed by atoms with Crippen molar-refractivity contribution in [3.63, 3.8) is 0 Å². The van der Waals surface area contributed by atoms with Crippen molar-refractivity contribution >= 4 is 6.09 Å². The van der Waals surface area contributed by atoms with Crippen LogP contribution in [0.25, 0.3) is 0 Å². The van der Waals surface area contributed by atoms with Gasteiger partial charge in [0.25, 0.3) is 0 Å². The average Bonchev–Trinajstić information content (AvgIpc) is 2.37. The van der Waals surface area contributed by atoms with E-state index in [1.807, 2.05) is 0 Å². The molecule has 0 bridgehead atoms. The van der Waals surface area contributed by atoms with Crippen LogP contribution in [-0.4, -0.2) is 36.2 Å². The van der Waals surface area contributed by atoms with Crippen molar-refractivity contribution in [2.24, 2.45) is 0 Å². The molecule has 0 saturated carbocycles. The second-order valence-electron chi connectivity index (χ2n) is 4.21. The number of amides is 1. The topological polar surface area (TPSA) is 49.8 Å². The number of likely N-dealkylation sites (tertiary alicyclic amines) is 1. The van der Waals surface area contributed by atoms with Crippen molar-refractivity contribution in [2.75, 3.05) is 20.1 Å². The number of para-hydroxylation sites is 1. The summed E-state index contributed by atoms with van der Waals surface area (Å²) in [5.41, 5.74) is 0.759. The predicted octanol–water partition coefficient (Wildman–Crippen LogP) is 2.55. The molecule has 1 heterocycles. The molecule has 0 aliphatic carbocycles. The van der Waals surface area contributed by atoms with Crippen LogP contribution >= 0.6 is 0 Å². The SMILES string of the molecule is [2H]C([2H])([2H])Oc1ccccc1C1CCCN(C(=O)O)C1. The molecule has 4 heteroatoms. The first-order chi connectivity index (χ1) is 9.37. The van der Waals surface area contributed by atoms with Gasteiger partial charge in [-0.3, -0.25) is 0 Å². The normalized spacial score (nSPS) is 23.4. The highest BCUT2D eigenvalue weighted by atomic mass is 16.5. The summed E-state index contributed by atoms with van der Waals surface area (Å²) in [6.45, 7) is 0.894. The van der Waals surface area contributed by atoms with Crippen molar-refractivity contribution < 1.29 is 18.8 Å². The zero-order valence-electron chi connectivity index (χ0n) is 12.4. The summed E-state index contributed by atoms with van der Waals surface area (Å²) in [6.07, 6.45) is 0.647. The van der Waals surface area contributed by atoms with Crippen LogP contribution in [0.2, 0.25) is 0 Å². The van der Waals surface area contributed by atoms with Gasteiger partial charge in [-0.25, -0.2) is 4.79 Å². The number of carbonyl (C=O) groups is 1. The number of nitrogens with zero attached hydrogens (tertiary/aromatic N) is 1. The van der Waals surface area contributed by atoms with Crippen LogP contribution in [0.5, 0.6) is 5.75 Å². The Bertz CT molecular complexity index is 490. The van der Waals surface area contributed by atoms with E-state index >= 15 is 0 Å². The molecule has 1 aromatic rings. The Hall–Kier alpha value is -1.71. The van der Waals surface area contributed by atoms with Crippen LogP contribution in [0.1, 0.15) is 28.4 Å². The number of hydrogen-bond acceptors (Lipinski definition) is 2. The van der Waals surface area contributed by atoms with Crippen LogP contribution in [-0.2, 0) is 0 Å². The molecule has 1 aromatic carbocycles. The maximum absolute atomic E-state index is 11.0. The summed E-state index contributed by atoms with van der Waals surface area (Å²) in [5.74, 6) is 0.281. The van der Waals surface area contributed by atoms with E-state index in [-0.39, 0.29) is 5.92 Å². The number of hydrogen-bond donors (Lipinski definition) is 1. The van der Waals surface area contributed by atoms with Crippen molar-refractivity contribution in [3.8, 4) is 5.75 Å². The minimum Gasteiger partial charge on any atom is -0.496 e. The Morgan fingerprint density at radius 3 is 3.18 bits per heavy atom. The third-order valence-corrected chi connectivity index (χ3v) is 3.16. The summed E-state index contributed by atoms with van der Waals surface area (Å²) in [4.78, 5) is 12.4. The first kappa shape index (κ1) is 8.39. The largest absolute Gasteiger partial charge is 0.496 e. The maximum Gasteiger partial charge on any atom is 0.407 e. The summed E-state index contributed by atoms with van der Waals surface area (Å²) >= 11 is 0. The van der Waals surface area contributed by atoms with Gasteiger partial charge in [-0.2, -0.15) is 0 Å². The van der Waals surface area contributed by atoms with E-state index < -0.39 is 13.1 Å². The van der Waals surface area contributed by atoms with Gasteiger partial charge in [0.05, 0.1) is 11.2 Å². The van der Waals surface area contributed by atoms with Gasteiger partial charge in [-0.1, -0.05) is 18.2 Å². The smallest absolute Gasteiger partial charge is 0.407 e. The molecule has 17 heavy (non-hydrogen) atoms. The van der Waals surface area contributed by atoms with E-state index in [0.29, 0.717) is 18.8 Å². The quantitative estimate of drug-likeness (QED) is 0.861. The minimum atomic E-state index is -2.50. The maximum atomic E-state index is 11.0. The molecule has 1 N–H and O–H groups in total. The average molecular weight is 238 g/mol. The molecule has 1 fully saturated rings. The second-order valence-corrected chi connectivity index (χ2v) is 4.21. The number of carboxylic acid groups (broad SMARTS) is 1. The van der Waals surface area contributed by atoms with E-state index in [1.54, 1.807) is 24.3 Å². The van der Waals surface area contributed by atoms with Gasteiger partial charge in [-0.15, -0.1) is 0 Å². The van der Waals surface area contributed by atoms with Crippen LogP contribution < -0.4 is 4.74 Å². The van der Waals surface area contributed by atoms with Crippen molar-refractivity contribution in [2.45, 2.75) is 18.8 Å². The Kier molecular flexibility index (Phi) is 2.51. The van der Waals surface area contributed by atoms with E-state index in [1.165, 1.54) is 4.90 Å². The van der Waals surface area contributed by atoms with Crippen LogP contribution in [0, 0.1) is 0 Å². The van der Waals surface area contributed by atoms with Gasteiger partial charge in [-0.05, 0) is 24.5 Å². The fourth-order valence-electron chi connectivity index (χ4n) is 2.32. The van der Waals surface area contributed by atoms with E-state index in [0.717, 1.165) is 18.4 Å². The zero-order valence-corrected chi connectivity index (χ0v) is 9.43. The van der Waals surface area contributed by atoms with Gasteiger partial charge in [0.15, 0.2) is 0 Å². The number of rotatable bonds is 2. The molecule has 0 spiro atoms. The lowest BCUT2D eigenvalue weighted by atomic mass is 9.90. The molecule has 92 valence electrons. The standard InChI is InChI=1S/C13H17NO3/c1-17-12-7-3-2-6-11(12)10-5-4-8-14(9-10)13(15)16/h2-3,6-7,10H,4-5,8-9H2,1H3,(H,15,16)/i1D3. The molecule has 4 nitrogen and oxygen atoms in total. The Morgan fingerprint density at radius 1 is 1.59 bits per heavy atom. The minimum absolute atomic E-state index is 0.0293. The van der Waals surface area contributed by atoms with Gasteiger partial charge < -0.3 is 14.7 Å².